The quantitative estimate of drug-likeness (QED) is 0.542. The molecule has 1 aliphatic rings. The molecule has 9 heteroatoms. The predicted molar refractivity (Wildman–Crippen MR) is 111 cm³/mol. The van der Waals surface area contributed by atoms with Gasteiger partial charge in [0.15, 0.2) is 5.13 Å². The van der Waals surface area contributed by atoms with E-state index in [-0.39, 0.29) is 17.6 Å². The number of carbonyl (C=O) groups is 1. The van der Waals surface area contributed by atoms with Crippen LogP contribution >= 0.6 is 23.1 Å². The smallest absolute Gasteiger partial charge is 0.227 e. The average molecular weight is 414 g/mol. The highest BCUT2D eigenvalue weighted by molar-refractivity contribution is 7.22. The summed E-state index contributed by atoms with van der Waals surface area (Å²) >= 11 is 2.64. The number of piperidine rings is 1. The summed E-state index contributed by atoms with van der Waals surface area (Å²) in [4.78, 5) is 19.5. The van der Waals surface area contributed by atoms with Crippen LogP contribution in [0.4, 0.5) is 15.2 Å². The Bertz CT molecular complexity index is 1170. The number of amides is 1. The molecule has 6 nitrogen and oxygen atoms in total. The predicted octanol–water partition coefficient (Wildman–Crippen LogP) is 4.30. The van der Waals surface area contributed by atoms with Crippen LogP contribution in [-0.4, -0.2) is 32.7 Å². The number of benzene rings is 2. The summed E-state index contributed by atoms with van der Waals surface area (Å²) in [6.07, 6.45) is 1.50. The van der Waals surface area contributed by atoms with Crippen molar-refractivity contribution in [2.24, 2.45) is 5.92 Å². The van der Waals surface area contributed by atoms with Gasteiger partial charge in [-0.15, -0.1) is 0 Å². The van der Waals surface area contributed by atoms with E-state index in [1.165, 1.54) is 23.5 Å². The lowest BCUT2D eigenvalue weighted by Crippen LogP contribution is -2.38. The van der Waals surface area contributed by atoms with Crippen molar-refractivity contribution in [1.29, 1.82) is 0 Å². The van der Waals surface area contributed by atoms with Crippen molar-refractivity contribution in [3.05, 3.63) is 42.2 Å². The SMILES string of the molecule is O=C(Nc1cccc2nsnc12)C1CCN(c2nc3ccc(F)cc3s2)CC1. The number of nitrogens with one attached hydrogen (secondary N) is 1. The first kappa shape index (κ1) is 17.4. The summed E-state index contributed by atoms with van der Waals surface area (Å²) in [6.45, 7) is 1.51. The molecule has 1 saturated heterocycles. The molecule has 0 unspecified atom stereocenters. The van der Waals surface area contributed by atoms with Crippen molar-refractivity contribution in [2.45, 2.75) is 12.8 Å². The van der Waals surface area contributed by atoms with Crippen LogP contribution in [0, 0.1) is 11.7 Å². The van der Waals surface area contributed by atoms with E-state index in [4.69, 9.17) is 0 Å². The Kier molecular flexibility index (Phi) is 4.40. The molecule has 4 aromatic rings. The lowest BCUT2D eigenvalue weighted by atomic mass is 9.96. The molecule has 3 heterocycles. The second kappa shape index (κ2) is 7.06. The Morgan fingerprint density at radius 3 is 2.86 bits per heavy atom. The molecule has 1 N–H and O–H groups in total. The molecule has 1 amide bonds. The minimum Gasteiger partial charge on any atom is -0.348 e. The van der Waals surface area contributed by atoms with Gasteiger partial charge < -0.3 is 10.2 Å². The van der Waals surface area contributed by atoms with Crippen molar-refractivity contribution < 1.29 is 9.18 Å². The van der Waals surface area contributed by atoms with E-state index in [9.17, 15) is 9.18 Å². The standard InChI is InChI=1S/C19H16FN5OS2/c20-12-4-5-13-16(10-12)27-19(22-13)25-8-6-11(7-9-25)18(26)21-14-2-1-3-15-17(14)24-28-23-15/h1-5,10-11H,6-9H2,(H,21,26). The van der Waals surface area contributed by atoms with Crippen molar-refractivity contribution in [3.63, 3.8) is 0 Å². The third-order valence-electron chi connectivity index (χ3n) is 5.02. The normalized spacial score (nSPS) is 15.4. The number of aromatic nitrogens is 3. The van der Waals surface area contributed by atoms with E-state index in [1.54, 1.807) is 6.07 Å². The largest absolute Gasteiger partial charge is 0.348 e. The maximum Gasteiger partial charge on any atom is 0.227 e. The number of thiazole rings is 1. The van der Waals surface area contributed by atoms with Crippen LogP contribution in [0.2, 0.25) is 0 Å². The molecule has 0 radical (unpaired) electrons. The van der Waals surface area contributed by atoms with Crippen molar-refractivity contribution in [2.75, 3.05) is 23.3 Å². The Balaban J connectivity index is 1.26. The van der Waals surface area contributed by atoms with E-state index >= 15 is 0 Å². The van der Waals surface area contributed by atoms with E-state index in [0.29, 0.717) is 5.69 Å². The van der Waals surface area contributed by atoms with Crippen LogP contribution in [0.5, 0.6) is 0 Å². The molecular weight excluding hydrogens is 397 g/mol. The molecule has 5 rings (SSSR count). The summed E-state index contributed by atoms with van der Waals surface area (Å²) < 4.78 is 22.7. The minimum atomic E-state index is -0.247. The molecule has 1 aliphatic heterocycles. The summed E-state index contributed by atoms with van der Waals surface area (Å²) in [7, 11) is 0. The van der Waals surface area contributed by atoms with E-state index < -0.39 is 0 Å². The van der Waals surface area contributed by atoms with Crippen LogP contribution in [-0.2, 0) is 4.79 Å². The van der Waals surface area contributed by atoms with Crippen LogP contribution in [0.25, 0.3) is 21.3 Å². The Hall–Kier alpha value is -2.65. The third kappa shape index (κ3) is 3.20. The van der Waals surface area contributed by atoms with Crippen molar-refractivity contribution in [3.8, 4) is 0 Å². The summed E-state index contributed by atoms with van der Waals surface area (Å²) in [5.74, 6) is -0.278. The first-order valence-electron chi connectivity index (χ1n) is 9.00. The molecular formula is C19H16FN5OS2. The van der Waals surface area contributed by atoms with E-state index in [0.717, 1.165) is 64.0 Å². The van der Waals surface area contributed by atoms with Crippen molar-refractivity contribution >= 4 is 61.0 Å². The molecule has 142 valence electrons. The number of fused-ring (bicyclic) bond motifs is 2. The summed E-state index contributed by atoms with van der Waals surface area (Å²) in [5.41, 5.74) is 3.06. The van der Waals surface area contributed by atoms with Gasteiger partial charge in [0.2, 0.25) is 5.91 Å². The van der Waals surface area contributed by atoms with Gasteiger partial charge in [-0.3, -0.25) is 4.79 Å². The van der Waals surface area contributed by atoms with E-state index in [2.05, 4.69) is 23.9 Å². The van der Waals surface area contributed by atoms with Gasteiger partial charge in [0, 0.05) is 19.0 Å². The number of rotatable bonds is 3. The number of carbonyl (C=O) groups excluding carboxylic acids is 1. The first-order valence-corrected chi connectivity index (χ1v) is 10.6. The lowest BCUT2D eigenvalue weighted by Gasteiger charge is -2.31. The molecule has 28 heavy (non-hydrogen) atoms. The minimum absolute atomic E-state index is 0.0199. The molecule has 0 spiro atoms. The van der Waals surface area contributed by atoms with Gasteiger partial charge in [0.1, 0.15) is 16.9 Å². The van der Waals surface area contributed by atoms with Gasteiger partial charge in [-0.2, -0.15) is 8.75 Å². The number of halogens is 1. The van der Waals surface area contributed by atoms with Gasteiger partial charge in [0.05, 0.1) is 27.6 Å². The number of anilines is 2. The summed E-state index contributed by atoms with van der Waals surface area (Å²) in [5, 5.41) is 3.90. The Morgan fingerprint density at radius 2 is 2.00 bits per heavy atom. The monoisotopic (exact) mass is 413 g/mol. The van der Waals surface area contributed by atoms with Crippen molar-refractivity contribution in [1.82, 2.24) is 13.7 Å². The zero-order valence-corrected chi connectivity index (χ0v) is 16.4. The Morgan fingerprint density at radius 1 is 1.14 bits per heavy atom. The zero-order chi connectivity index (χ0) is 19.1. The van der Waals surface area contributed by atoms with Gasteiger partial charge in [0.25, 0.3) is 0 Å². The van der Waals surface area contributed by atoms with Gasteiger partial charge in [-0.05, 0) is 43.2 Å². The maximum absolute atomic E-state index is 13.4. The van der Waals surface area contributed by atoms with Crippen LogP contribution in [0.15, 0.2) is 36.4 Å². The number of hydrogen-bond donors (Lipinski definition) is 1. The Labute approximate surface area is 168 Å². The number of hydrogen-bond acceptors (Lipinski definition) is 7. The highest BCUT2D eigenvalue weighted by Crippen LogP contribution is 2.32. The fraction of sp³-hybridized carbons (Fsp3) is 0.263. The fourth-order valence-corrected chi connectivity index (χ4v) is 5.09. The van der Waals surface area contributed by atoms with Crippen LogP contribution < -0.4 is 10.2 Å². The lowest BCUT2D eigenvalue weighted by molar-refractivity contribution is -0.120. The highest BCUT2D eigenvalue weighted by Gasteiger charge is 2.27. The molecule has 0 saturated carbocycles. The number of nitrogens with zero attached hydrogens (tertiary/aromatic N) is 4. The molecule has 0 aliphatic carbocycles. The molecule has 0 atom stereocenters. The molecule has 2 aromatic carbocycles. The van der Waals surface area contributed by atoms with Crippen LogP contribution in [0.1, 0.15) is 12.8 Å². The fourth-order valence-electron chi connectivity index (χ4n) is 3.50. The summed E-state index contributed by atoms with van der Waals surface area (Å²) in [6, 6.07) is 10.3. The van der Waals surface area contributed by atoms with Crippen LogP contribution in [0.3, 0.4) is 0 Å². The second-order valence-electron chi connectivity index (χ2n) is 6.80. The van der Waals surface area contributed by atoms with E-state index in [1.807, 2.05) is 18.2 Å². The third-order valence-corrected chi connectivity index (χ3v) is 6.64. The first-order chi connectivity index (χ1) is 13.7. The maximum atomic E-state index is 13.4. The second-order valence-corrected chi connectivity index (χ2v) is 8.33. The molecule has 1 fully saturated rings. The van der Waals surface area contributed by atoms with Gasteiger partial charge >= 0.3 is 0 Å². The highest BCUT2D eigenvalue weighted by atomic mass is 32.1. The zero-order valence-electron chi connectivity index (χ0n) is 14.8. The average Bonchev–Trinajstić information content (AvgIpc) is 3.35. The molecule has 2 aromatic heterocycles. The van der Waals surface area contributed by atoms with Gasteiger partial charge in [-0.25, -0.2) is 9.37 Å². The molecule has 0 bridgehead atoms. The van der Waals surface area contributed by atoms with Gasteiger partial charge in [-0.1, -0.05) is 17.4 Å². The topological polar surface area (TPSA) is 71.0 Å².